The quantitative estimate of drug-likeness (QED) is 0.653. The first-order chi connectivity index (χ1) is 6.29. The Hall–Kier alpha value is -0.120. The van der Waals surface area contributed by atoms with Gasteiger partial charge in [-0.1, -0.05) is 12.8 Å². The lowest BCUT2D eigenvalue weighted by Crippen LogP contribution is -2.49. The maximum atomic E-state index is 9.95. The number of nitrogens with zero attached hydrogens (tertiary/aromatic N) is 1. The van der Waals surface area contributed by atoms with Gasteiger partial charge in [-0.05, 0) is 19.3 Å². The fraction of sp³-hybridized carbons (Fsp3) is 1.00. The number of rotatable bonds is 2. The maximum Gasteiger partial charge on any atom is 0.0736 e. The molecular weight excluding hydrogens is 166 g/mol. The summed E-state index contributed by atoms with van der Waals surface area (Å²) in [6.45, 7) is 1.91. The van der Waals surface area contributed by atoms with Crippen LogP contribution in [0.5, 0.6) is 0 Å². The first kappa shape index (κ1) is 9.44. The van der Waals surface area contributed by atoms with Crippen LogP contribution >= 0.6 is 0 Å². The average molecular weight is 185 g/mol. The second-order valence-electron chi connectivity index (χ2n) is 4.33. The van der Waals surface area contributed by atoms with Crippen molar-refractivity contribution in [3.05, 3.63) is 0 Å². The Labute approximate surface area is 79.4 Å². The zero-order valence-corrected chi connectivity index (χ0v) is 8.08. The maximum absolute atomic E-state index is 9.95. The predicted octanol–water partition coefficient (Wildman–Crippen LogP) is 0.358. The Morgan fingerprint density at radius 2 is 2.00 bits per heavy atom. The molecule has 2 fully saturated rings. The van der Waals surface area contributed by atoms with Crippen molar-refractivity contribution >= 4 is 0 Å². The normalized spacial score (nSPS) is 33.2. The molecule has 2 aliphatic rings. The summed E-state index contributed by atoms with van der Waals surface area (Å²) in [6.07, 6.45) is 5.45. The van der Waals surface area contributed by atoms with Crippen LogP contribution in [0.3, 0.4) is 0 Å². The molecule has 1 aliphatic heterocycles. The van der Waals surface area contributed by atoms with E-state index in [2.05, 4.69) is 4.90 Å². The standard InChI is InChI=1S/C10H19NO2/c12-8-7-11-6-3-9(13)10(11)4-1-2-5-10/h9,12-13H,1-8H2. The highest BCUT2D eigenvalue weighted by Crippen LogP contribution is 2.42. The molecule has 1 atom stereocenters. The van der Waals surface area contributed by atoms with E-state index in [0.29, 0.717) is 0 Å². The summed E-state index contributed by atoms with van der Waals surface area (Å²) in [5, 5.41) is 18.9. The zero-order valence-electron chi connectivity index (χ0n) is 8.08. The Morgan fingerprint density at radius 3 is 2.62 bits per heavy atom. The molecule has 1 spiro atoms. The minimum Gasteiger partial charge on any atom is -0.395 e. The van der Waals surface area contributed by atoms with E-state index >= 15 is 0 Å². The van der Waals surface area contributed by atoms with Crippen molar-refractivity contribution < 1.29 is 10.2 Å². The van der Waals surface area contributed by atoms with Crippen LogP contribution in [0.2, 0.25) is 0 Å². The Bertz CT molecular complexity index is 176. The molecule has 2 N–H and O–H groups in total. The molecule has 1 aliphatic carbocycles. The molecule has 1 unspecified atom stereocenters. The van der Waals surface area contributed by atoms with Crippen molar-refractivity contribution in [2.45, 2.75) is 43.7 Å². The van der Waals surface area contributed by atoms with E-state index in [1.54, 1.807) is 0 Å². The van der Waals surface area contributed by atoms with Gasteiger partial charge in [-0.25, -0.2) is 0 Å². The summed E-state index contributed by atoms with van der Waals surface area (Å²) in [6, 6.07) is 0. The van der Waals surface area contributed by atoms with E-state index in [0.717, 1.165) is 32.4 Å². The third kappa shape index (κ3) is 1.39. The van der Waals surface area contributed by atoms with Crippen LogP contribution in [0.15, 0.2) is 0 Å². The highest BCUT2D eigenvalue weighted by molar-refractivity contribution is 5.04. The van der Waals surface area contributed by atoms with Crippen LogP contribution in [0, 0.1) is 0 Å². The van der Waals surface area contributed by atoms with E-state index in [-0.39, 0.29) is 18.2 Å². The first-order valence-corrected chi connectivity index (χ1v) is 5.33. The molecule has 2 rings (SSSR count). The van der Waals surface area contributed by atoms with Gasteiger partial charge in [-0.2, -0.15) is 0 Å². The number of β-amino-alcohol motifs (C(OH)–C–C–N with tert-alkyl or cyclic N) is 1. The number of likely N-dealkylation sites (tertiary alicyclic amines) is 1. The van der Waals surface area contributed by atoms with Crippen LogP contribution in [0.25, 0.3) is 0 Å². The fourth-order valence-corrected chi connectivity index (χ4v) is 3.07. The number of hydrogen-bond acceptors (Lipinski definition) is 3. The fourth-order valence-electron chi connectivity index (χ4n) is 3.07. The van der Waals surface area contributed by atoms with Gasteiger partial charge < -0.3 is 10.2 Å². The van der Waals surface area contributed by atoms with Crippen molar-refractivity contribution in [3.8, 4) is 0 Å². The zero-order chi connectivity index (χ0) is 9.31. The molecule has 0 amide bonds. The van der Waals surface area contributed by atoms with Gasteiger partial charge in [0.2, 0.25) is 0 Å². The summed E-state index contributed by atoms with van der Waals surface area (Å²) < 4.78 is 0. The molecule has 3 nitrogen and oxygen atoms in total. The topological polar surface area (TPSA) is 43.7 Å². The van der Waals surface area contributed by atoms with Crippen LogP contribution in [-0.2, 0) is 0 Å². The van der Waals surface area contributed by atoms with Crippen LogP contribution in [0.4, 0.5) is 0 Å². The highest BCUT2D eigenvalue weighted by atomic mass is 16.3. The molecule has 0 bridgehead atoms. The third-order valence-corrected chi connectivity index (χ3v) is 3.76. The van der Waals surface area contributed by atoms with Crippen LogP contribution < -0.4 is 0 Å². The van der Waals surface area contributed by atoms with Gasteiger partial charge in [0.1, 0.15) is 0 Å². The van der Waals surface area contributed by atoms with Gasteiger partial charge in [-0.15, -0.1) is 0 Å². The Morgan fingerprint density at radius 1 is 1.31 bits per heavy atom. The van der Waals surface area contributed by atoms with Gasteiger partial charge in [0, 0.05) is 18.6 Å². The average Bonchev–Trinajstić information content (AvgIpc) is 2.70. The van der Waals surface area contributed by atoms with Crippen molar-refractivity contribution in [3.63, 3.8) is 0 Å². The number of hydrogen-bond donors (Lipinski definition) is 2. The molecule has 0 aromatic rings. The monoisotopic (exact) mass is 185 g/mol. The minimum absolute atomic E-state index is 0.0444. The second kappa shape index (κ2) is 3.56. The van der Waals surface area contributed by atoms with E-state index in [1.165, 1.54) is 12.8 Å². The van der Waals surface area contributed by atoms with Gasteiger partial charge in [-0.3, -0.25) is 4.90 Å². The van der Waals surface area contributed by atoms with Gasteiger partial charge in [0.25, 0.3) is 0 Å². The SMILES string of the molecule is OCCN1CCC(O)C12CCCC2. The molecule has 0 aromatic carbocycles. The van der Waals surface area contributed by atoms with E-state index in [9.17, 15) is 5.11 Å². The summed E-state index contributed by atoms with van der Waals surface area (Å²) in [4.78, 5) is 2.30. The van der Waals surface area contributed by atoms with Gasteiger partial charge in [0.05, 0.1) is 12.7 Å². The van der Waals surface area contributed by atoms with Gasteiger partial charge in [0.15, 0.2) is 0 Å². The molecule has 1 saturated carbocycles. The number of aliphatic hydroxyl groups is 2. The van der Waals surface area contributed by atoms with Crippen molar-refractivity contribution in [1.29, 1.82) is 0 Å². The second-order valence-corrected chi connectivity index (χ2v) is 4.33. The molecule has 13 heavy (non-hydrogen) atoms. The molecule has 76 valence electrons. The lowest BCUT2D eigenvalue weighted by Gasteiger charge is -2.36. The van der Waals surface area contributed by atoms with E-state index in [1.807, 2.05) is 0 Å². The summed E-state index contributed by atoms with van der Waals surface area (Å²) in [5.41, 5.74) is 0.0444. The Balaban J connectivity index is 2.10. The Kier molecular flexibility index (Phi) is 2.58. The molecule has 1 heterocycles. The summed E-state index contributed by atoms with van der Waals surface area (Å²) in [7, 11) is 0. The third-order valence-electron chi connectivity index (χ3n) is 3.76. The van der Waals surface area contributed by atoms with Gasteiger partial charge >= 0.3 is 0 Å². The predicted molar refractivity (Wildman–Crippen MR) is 50.5 cm³/mol. The summed E-state index contributed by atoms with van der Waals surface area (Å²) >= 11 is 0. The summed E-state index contributed by atoms with van der Waals surface area (Å²) in [5.74, 6) is 0. The van der Waals surface area contributed by atoms with E-state index in [4.69, 9.17) is 5.11 Å². The van der Waals surface area contributed by atoms with E-state index < -0.39 is 0 Å². The van der Waals surface area contributed by atoms with Crippen molar-refractivity contribution in [2.24, 2.45) is 0 Å². The highest BCUT2D eigenvalue weighted by Gasteiger charge is 2.48. The van der Waals surface area contributed by atoms with Crippen LogP contribution in [-0.4, -0.2) is 46.5 Å². The molecule has 3 heteroatoms. The molecule has 0 radical (unpaired) electrons. The lowest BCUT2D eigenvalue weighted by atomic mass is 9.91. The molecule has 1 saturated heterocycles. The van der Waals surface area contributed by atoms with Crippen molar-refractivity contribution in [1.82, 2.24) is 4.90 Å². The van der Waals surface area contributed by atoms with Crippen LogP contribution in [0.1, 0.15) is 32.1 Å². The van der Waals surface area contributed by atoms with Crippen molar-refractivity contribution in [2.75, 3.05) is 19.7 Å². The molecular formula is C10H19NO2. The largest absolute Gasteiger partial charge is 0.395 e. The number of aliphatic hydroxyl groups excluding tert-OH is 2. The molecule has 0 aromatic heterocycles. The smallest absolute Gasteiger partial charge is 0.0736 e. The lowest BCUT2D eigenvalue weighted by molar-refractivity contribution is 0.0241. The first-order valence-electron chi connectivity index (χ1n) is 5.33. The minimum atomic E-state index is -0.151.